The number of imide groups is 2. The van der Waals surface area contributed by atoms with Crippen molar-refractivity contribution >= 4 is 76.3 Å². The zero-order valence-corrected chi connectivity index (χ0v) is 41.7. The van der Waals surface area contributed by atoms with Crippen LogP contribution in [0.2, 0.25) is 0 Å². The van der Waals surface area contributed by atoms with Gasteiger partial charge in [0.05, 0.1) is 22.1 Å². The summed E-state index contributed by atoms with van der Waals surface area (Å²) in [5, 5.41) is 7.82. The summed E-state index contributed by atoms with van der Waals surface area (Å²) in [5.41, 5.74) is -4.62. The molecule has 5 heterocycles. The van der Waals surface area contributed by atoms with Gasteiger partial charge in [-0.05, 0) is 72.0 Å². The highest BCUT2D eigenvalue weighted by Gasteiger charge is 2.51. The topological polar surface area (TPSA) is 249 Å². The van der Waals surface area contributed by atoms with Gasteiger partial charge < -0.3 is 35.0 Å². The molecular weight excluding hydrogens is 990 g/mol. The van der Waals surface area contributed by atoms with Crippen LogP contribution in [-0.2, 0) is 38.9 Å². The van der Waals surface area contributed by atoms with Gasteiger partial charge in [-0.2, -0.15) is 8.78 Å². The van der Waals surface area contributed by atoms with Gasteiger partial charge in [0.25, 0.3) is 17.7 Å². The van der Waals surface area contributed by atoms with Crippen LogP contribution in [0.25, 0.3) is 10.1 Å². The van der Waals surface area contributed by atoms with Gasteiger partial charge in [0.1, 0.15) is 24.7 Å². The third-order valence-electron chi connectivity index (χ3n) is 13.4. The predicted octanol–water partition coefficient (Wildman–Crippen LogP) is 4.62. The van der Waals surface area contributed by atoms with Crippen molar-refractivity contribution in [1.82, 2.24) is 30.7 Å². The first-order valence-electron chi connectivity index (χ1n) is 23.7. The summed E-state index contributed by atoms with van der Waals surface area (Å²) < 4.78 is 47.1. The number of ether oxygens (including phenoxy) is 1. The number of fused-ring (bicyclic) bond motifs is 2. The summed E-state index contributed by atoms with van der Waals surface area (Å²) in [6.45, 7) is 5.67. The third-order valence-corrected chi connectivity index (χ3v) is 15.5. The maximum absolute atomic E-state index is 14.8. The molecule has 5 N–H and O–H groups in total. The van der Waals surface area contributed by atoms with Crippen LogP contribution in [0.3, 0.4) is 0 Å². The second-order valence-electron chi connectivity index (χ2n) is 19.5. The Labute approximate surface area is 422 Å². The van der Waals surface area contributed by atoms with E-state index in [1.807, 2.05) is 30.3 Å². The van der Waals surface area contributed by atoms with E-state index in [1.54, 1.807) is 31.7 Å². The lowest BCUT2D eigenvalue weighted by molar-refractivity contribution is -0.147. The number of carbonyl (C=O) groups is 8. The number of likely N-dealkylation sites (tertiary alicyclic amines) is 2. The van der Waals surface area contributed by atoms with Crippen LogP contribution in [0.1, 0.15) is 112 Å². The minimum atomic E-state index is -5.86. The summed E-state index contributed by atoms with van der Waals surface area (Å²) in [6, 6.07) is 15.3. The van der Waals surface area contributed by atoms with E-state index in [9.17, 15) is 61.5 Å². The molecule has 73 heavy (non-hydrogen) atoms. The van der Waals surface area contributed by atoms with Crippen molar-refractivity contribution in [2.75, 3.05) is 32.8 Å². The van der Waals surface area contributed by atoms with Crippen molar-refractivity contribution in [3.63, 3.8) is 0 Å². The minimum Gasteiger partial charge on any atom is -0.366 e. The van der Waals surface area contributed by atoms with Crippen molar-refractivity contribution in [1.29, 1.82) is 0 Å². The molecule has 3 saturated heterocycles. The first kappa shape index (κ1) is 52.6. The molecule has 0 radical (unpaired) electrons. The zero-order valence-electron chi connectivity index (χ0n) is 40.0. The lowest BCUT2D eigenvalue weighted by Crippen LogP contribution is -2.58. The number of piperidine rings is 2. The first-order chi connectivity index (χ1) is 34.5. The molecular formula is C51H53F2N6O12PS. The molecule has 22 heteroatoms. The standard InChI is InChI=1S/C51H53F2N6O12PS/c1-50(2,3)43(56-45(63)40-24-32-23-33(15-18-39(32)73-40)51(52,53)72(68,69)70)49(67)58-27-34(25-38(58)48(66)57-21-9-13-31(26-57)30-11-5-4-6-12-30)71-28-42(61)54-20-8-7-10-29-14-16-35-36(22-29)47(65)59(46(35)64)37-17-19-41(60)55-44(37)62/h4-6,11-12,14-16,18,22-24,31,34,37-38,43H,8-9,13,17,19-21,25-28H2,1-3H3,(H,54,61)(H,56,63)(H,55,60,62)(H2,68,69,70)/t31?,34-,37?,38-,43+/m0/s1. The number of nitrogens with one attached hydrogen (secondary N) is 3. The van der Waals surface area contributed by atoms with Crippen molar-refractivity contribution in [3.8, 4) is 11.8 Å². The molecule has 0 bridgehead atoms. The van der Waals surface area contributed by atoms with E-state index in [1.165, 1.54) is 29.2 Å². The average molecular weight is 1040 g/mol. The molecule has 3 aromatic carbocycles. The molecule has 8 amide bonds. The summed E-state index contributed by atoms with van der Waals surface area (Å²) in [6.07, 6.45) is 1.09. The lowest BCUT2D eigenvalue weighted by Gasteiger charge is -2.38. The summed E-state index contributed by atoms with van der Waals surface area (Å²) in [7, 11) is -5.86. The molecule has 4 aliphatic heterocycles. The fraction of sp³-hybridized carbons (Fsp3) is 0.412. The molecule has 0 aliphatic carbocycles. The SMILES string of the molecule is CC(C)(C)[C@H](NC(=O)c1cc2cc(C(F)(F)P(=O)(O)O)ccc2s1)C(=O)N1C[C@@H](OCC(=O)NCCC#Cc2ccc3c(c2)C(=O)N(C2CCC(=O)NC2=O)C3=O)C[C@H]1C(=O)N1CCCC(c2ccccc2)C1. The van der Waals surface area contributed by atoms with Gasteiger partial charge in [-0.1, -0.05) is 69.0 Å². The number of nitrogens with zero attached hydrogens (tertiary/aromatic N) is 3. The normalized spacial score (nSPS) is 20.8. The number of carbonyl (C=O) groups excluding carboxylic acids is 8. The Morgan fingerprint density at radius 3 is 2.40 bits per heavy atom. The largest absolute Gasteiger partial charge is 0.399 e. The van der Waals surface area contributed by atoms with Crippen LogP contribution in [-0.4, -0.2) is 129 Å². The number of thiophene rings is 1. The van der Waals surface area contributed by atoms with E-state index in [4.69, 9.17) is 4.74 Å². The maximum atomic E-state index is 14.8. The first-order valence-corrected chi connectivity index (χ1v) is 26.1. The molecule has 2 unspecified atom stereocenters. The second kappa shape index (κ2) is 21.0. The number of amides is 8. The van der Waals surface area contributed by atoms with E-state index in [0.29, 0.717) is 23.4 Å². The molecule has 3 fully saturated rings. The number of alkyl halides is 2. The van der Waals surface area contributed by atoms with Crippen LogP contribution >= 0.6 is 18.9 Å². The number of hydrogen-bond donors (Lipinski definition) is 5. The number of benzene rings is 3. The second-order valence-corrected chi connectivity index (χ2v) is 22.3. The maximum Gasteiger partial charge on any atom is 0.399 e. The van der Waals surface area contributed by atoms with Gasteiger partial charge in [-0.3, -0.25) is 53.1 Å². The Bertz CT molecular complexity index is 3020. The van der Waals surface area contributed by atoms with Gasteiger partial charge in [-0.15, -0.1) is 11.3 Å². The molecule has 4 aromatic rings. The van der Waals surface area contributed by atoms with Crippen LogP contribution in [0.5, 0.6) is 0 Å². The molecule has 0 saturated carbocycles. The highest BCUT2D eigenvalue weighted by atomic mass is 32.1. The Morgan fingerprint density at radius 2 is 1.68 bits per heavy atom. The molecule has 18 nitrogen and oxygen atoms in total. The van der Waals surface area contributed by atoms with Gasteiger partial charge >= 0.3 is 13.3 Å². The van der Waals surface area contributed by atoms with Crippen LogP contribution in [0.4, 0.5) is 8.78 Å². The average Bonchev–Trinajstić information content (AvgIpc) is 4.05. The van der Waals surface area contributed by atoms with Crippen molar-refractivity contribution in [2.24, 2.45) is 5.41 Å². The minimum absolute atomic E-state index is 0.00505. The van der Waals surface area contributed by atoms with Gasteiger partial charge in [0.15, 0.2) is 0 Å². The van der Waals surface area contributed by atoms with Crippen LogP contribution < -0.4 is 16.0 Å². The third kappa shape index (κ3) is 11.3. The van der Waals surface area contributed by atoms with E-state index in [-0.39, 0.29) is 72.0 Å². The van der Waals surface area contributed by atoms with Crippen molar-refractivity contribution in [3.05, 3.63) is 105 Å². The Balaban J connectivity index is 0.920. The van der Waals surface area contributed by atoms with Crippen molar-refractivity contribution < 1.29 is 66.2 Å². The van der Waals surface area contributed by atoms with Crippen LogP contribution in [0.15, 0.2) is 72.8 Å². The van der Waals surface area contributed by atoms with E-state index in [0.717, 1.165) is 46.8 Å². The predicted molar refractivity (Wildman–Crippen MR) is 261 cm³/mol. The molecule has 4 aliphatic rings. The molecule has 1 aromatic heterocycles. The monoisotopic (exact) mass is 1040 g/mol. The van der Waals surface area contributed by atoms with Crippen molar-refractivity contribution in [2.45, 2.75) is 95.1 Å². The fourth-order valence-corrected chi connectivity index (χ4v) is 11.0. The summed E-state index contributed by atoms with van der Waals surface area (Å²) in [4.78, 5) is 129. The van der Waals surface area contributed by atoms with E-state index < -0.39 is 96.4 Å². The number of rotatable bonds is 13. The number of hydrogen-bond acceptors (Lipinski definition) is 11. The van der Waals surface area contributed by atoms with Gasteiger partial charge in [0.2, 0.25) is 29.5 Å². The highest BCUT2D eigenvalue weighted by molar-refractivity contribution is 7.52. The highest BCUT2D eigenvalue weighted by Crippen LogP contribution is 2.59. The Kier molecular flexibility index (Phi) is 15.2. The Morgan fingerprint density at radius 1 is 0.945 bits per heavy atom. The zero-order chi connectivity index (χ0) is 52.6. The van der Waals surface area contributed by atoms with Crippen LogP contribution in [0, 0.1) is 17.3 Å². The molecule has 8 rings (SSSR count). The molecule has 5 atom stereocenters. The quantitative estimate of drug-likeness (QED) is 0.0533. The van der Waals surface area contributed by atoms with E-state index in [2.05, 4.69) is 27.8 Å². The summed E-state index contributed by atoms with van der Waals surface area (Å²) in [5.74, 6) is 1.31. The lowest BCUT2D eigenvalue weighted by atomic mass is 9.85. The Hall–Kier alpha value is -6.69. The van der Waals surface area contributed by atoms with Gasteiger partial charge in [-0.25, -0.2) is 0 Å². The molecule has 384 valence electrons. The van der Waals surface area contributed by atoms with Gasteiger partial charge in [0, 0.05) is 67.2 Å². The molecule has 0 spiro atoms. The fourth-order valence-electron chi connectivity index (χ4n) is 9.53. The van der Waals surface area contributed by atoms with E-state index >= 15 is 0 Å². The number of halogens is 2. The summed E-state index contributed by atoms with van der Waals surface area (Å²) >= 11 is 0.934. The smallest absolute Gasteiger partial charge is 0.366 e.